The number of phenols is 1. The van der Waals surface area contributed by atoms with E-state index >= 15 is 0 Å². The summed E-state index contributed by atoms with van der Waals surface area (Å²) in [5.41, 5.74) is 6.98. The second-order valence-electron chi connectivity index (χ2n) is 7.41. The number of piperidine rings is 1. The highest BCUT2D eigenvalue weighted by molar-refractivity contribution is 5.84. The maximum Gasteiger partial charge on any atom is 0.409 e. The molecule has 1 aliphatic rings. The van der Waals surface area contributed by atoms with Crippen LogP contribution in [0.4, 0.5) is 4.79 Å². The van der Waals surface area contributed by atoms with Gasteiger partial charge >= 0.3 is 6.09 Å². The number of benzene rings is 1. The molecule has 158 valence electrons. The molecule has 1 amide bonds. The Morgan fingerprint density at radius 1 is 1.26 bits per heavy atom. The van der Waals surface area contributed by atoms with Crippen molar-refractivity contribution in [2.24, 2.45) is 5.73 Å². The highest BCUT2D eigenvalue weighted by atomic mass is 16.4. The SMILES string of the molecule is NC1CCCN(C(=O)O)C1(c1cncc(-c2nc3c(O)cccc3[nH]2)n1)n1cccn1. The number of H-pyrrole nitrogens is 1. The highest BCUT2D eigenvalue weighted by Gasteiger charge is 2.52. The fourth-order valence-electron chi connectivity index (χ4n) is 4.29. The summed E-state index contributed by atoms with van der Waals surface area (Å²) in [6.45, 7) is 0.285. The summed E-state index contributed by atoms with van der Waals surface area (Å²) in [7, 11) is 0. The molecule has 5 N–H and O–H groups in total. The lowest BCUT2D eigenvalue weighted by Crippen LogP contribution is -2.66. The molecule has 0 bridgehead atoms. The summed E-state index contributed by atoms with van der Waals surface area (Å²) in [5.74, 6) is 0.441. The van der Waals surface area contributed by atoms with Crippen LogP contribution in [0.2, 0.25) is 0 Å². The fourth-order valence-corrected chi connectivity index (χ4v) is 4.29. The van der Waals surface area contributed by atoms with Gasteiger partial charge < -0.3 is 20.9 Å². The lowest BCUT2D eigenvalue weighted by atomic mass is 9.87. The van der Waals surface area contributed by atoms with Gasteiger partial charge in [-0.25, -0.2) is 19.4 Å². The van der Waals surface area contributed by atoms with Crippen LogP contribution in [0.1, 0.15) is 18.5 Å². The van der Waals surface area contributed by atoms with Crippen LogP contribution in [0, 0.1) is 0 Å². The minimum atomic E-state index is -1.36. The van der Waals surface area contributed by atoms with Crippen molar-refractivity contribution < 1.29 is 15.0 Å². The van der Waals surface area contributed by atoms with E-state index in [1.807, 2.05) is 0 Å². The average molecular weight is 420 g/mol. The third-order valence-corrected chi connectivity index (χ3v) is 5.66. The maximum atomic E-state index is 12.2. The number of aromatic nitrogens is 6. The van der Waals surface area contributed by atoms with Crippen molar-refractivity contribution in [3.8, 4) is 17.3 Å². The van der Waals surface area contributed by atoms with E-state index in [9.17, 15) is 15.0 Å². The zero-order chi connectivity index (χ0) is 21.6. The second-order valence-corrected chi connectivity index (χ2v) is 7.41. The van der Waals surface area contributed by atoms with Crippen LogP contribution in [0.15, 0.2) is 49.1 Å². The first-order valence-electron chi connectivity index (χ1n) is 9.78. The van der Waals surface area contributed by atoms with Crippen LogP contribution < -0.4 is 5.73 Å². The Bertz CT molecular complexity index is 1250. The van der Waals surface area contributed by atoms with Crippen molar-refractivity contribution in [2.75, 3.05) is 6.54 Å². The van der Waals surface area contributed by atoms with Gasteiger partial charge in [0.15, 0.2) is 11.5 Å². The van der Waals surface area contributed by atoms with Crippen LogP contribution in [0.5, 0.6) is 5.75 Å². The molecule has 1 aromatic carbocycles. The van der Waals surface area contributed by atoms with E-state index in [2.05, 4.69) is 20.1 Å². The van der Waals surface area contributed by atoms with Gasteiger partial charge in [-0.3, -0.25) is 9.88 Å². The lowest BCUT2D eigenvalue weighted by molar-refractivity contribution is -0.00229. The molecule has 4 heterocycles. The number of para-hydroxylation sites is 1. The average Bonchev–Trinajstić information content (AvgIpc) is 3.45. The molecule has 2 atom stereocenters. The third kappa shape index (κ3) is 2.81. The molecule has 1 saturated heterocycles. The monoisotopic (exact) mass is 420 g/mol. The van der Waals surface area contributed by atoms with Gasteiger partial charge in [0.05, 0.1) is 24.0 Å². The quantitative estimate of drug-likeness (QED) is 0.390. The number of nitrogens with zero attached hydrogens (tertiary/aromatic N) is 6. The number of carbonyl (C=O) groups is 1. The van der Waals surface area contributed by atoms with E-state index < -0.39 is 17.8 Å². The summed E-state index contributed by atoms with van der Waals surface area (Å²) in [4.78, 5) is 30.1. The normalized spacial score (nSPS) is 21.5. The van der Waals surface area contributed by atoms with Crippen molar-refractivity contribution >= 4 is 17.1 Å². The number of carboxylic acid groups (broad SMARTS) is 1. The number of likely N-dealkylation sites (tertiary alicyclic amines) is 1. The molecule has 0 aliphatic carbocycles. The predicted octanol–water partition coefficient (Wildman–Crippen LogP) is 1.72. The van der Waals surface area contributed by atoms with E-state index in [4.69, 9.17) is 10.7 Å². The maximum absolute atomic E-state index is 12.2. The molecule has 0 saturated carbocycles. The second kappa shape index (κ2) is 7.06. The number of hydrogen-bond donors (Lipinski definition) is 4. The van der Waals surface area contributed by atoms with E-state index in [-0.39, 0.29) is 12.3 Å². The summed E-state index contributed by atoms with van der Waals surface area (Å²) < 4.78 is 1.53. The van der Waals surface area contributed by atoms with Gasteiger partial charge in [0.1, 0.15) is 22.7 Å². The van der Waals surface area contributed by atoms with Crippen LogP contribution in [-0.4, -0.2) is 63.5 Å². The van der Waals surface area contributed by atoms with Gasteiger partial charge in [0, 0.05) is 18.9 Å². The molecule has 11 heteroatoms. The van der Waals surface area contributed by atoms with Gasteiger partial charge in [0.2, 0.25) is 0 Å². The first-order chi connectivity index (χ1) is 15.0. The van der Waals surface area contributed by atoms with Crippen molar-refractivity contribution in [1.29, 1.82) is 0 Å². The van der Waals surface area contributed by atoms with Gasteiger partial charge in [-0.05, 0) is 31.0 Å². The summed E-state index contributed by atoms with van der Waals surface area (Å²) in [6.07, 6.45) is 6.38. The summed E-state index contributed by atoms with van der Waals surface area (Å²) >= 11 is 0. The molecule has 3 aromatic heterocycles. The molecule has 31 heavy (non-hydrogen) atoms. The number of hydrogen-bond acceptors (Lipinski definition) is 7. The Morgan fingerprint density at radius 2 is 2.13 bits per heavy atom. The first kappa shape index (κ1) is 19.0. The van der Waals surface area contributed by atoms with Crippen LogP contribution in [-0.2, 0) is 5.66 Å². The largest absolute Gasteiger partial charge is 0.506 e. The number of aromatic amines is 1. The first-order valence-corrected chi connectivity index (χ1v) is 9.78. The molecule has 11 nitrogen and oxygen atoms in total. The minimum absolute atomic E-state index is 0.0449. The Hall–Kier alpha value is -3.99. The molecule has 0 radical (unpaired) electrons. The number of rotatable bonds is 3. The van der Waals surface area contributed by atoms with Crippen molar-refractivity contribution in [1.82, 2.24) is 34.6 Å². The summed E-state index contributed by atoms with van der Waals surface area (Å²) in [6, 6.07) is 6.16. The number of amides is 1. The van der Waals surface area contributed by atoms with E-state index in [1.54, 1.807) is 36.7 Å². The smallest absolute Gasteiger partial charge is 0.409 e. The number of fused-ring (bicyclic) bond motifs is 1. The number of aromatic hydroxyl groups is 1. The fraction of sp³-hybridized carbons (Fsp3) is 0.250. The molecule has 5 rings (SSSR count). The topological polar surface area (TPSA) is 159 Å². The zero-order valence-electron chi connectivity index (χ0n) is 16.4. The van der Waals surface area contributed by atoms with Gasteiger partial charge in [-0.1, -0.05) is 6.07 Å². The number of phenolic OH excluding ortho intramolecular Hbond substituents is 1. The number of imidazole rings is 1. The molecule has 2 unspecified atom stereocenters. The van der Waals surface area contributed by atoms with Crippen LogP contribution in [0.25, 0.3) is 22.6 Å². The number of nitrogens with two attached hydrogens (primary N) is 1. The molecular formula is C20H20N8O3. The molecular weight excluding hydrogens is 400 g/mol. The molecule has 0 spiro atoms. The Balaban J connectivity index is 1.71. The van der Waals surface area contributed by atoms with Crippen LogP contribution >= 0.6 is 0 Å². The highest BCUT2D eigenvalue weighted by Crippen LogP contribution is 2.38. The Labute approximate surface area is 176 Å². The van der Waals surface area contributed by atoms with E-state index in [0.717, 1.165) is 0 Å². The molecule has 1 aliphatic heterocycles. The predicted molar refractivity (Wildman–Crippen MR) is 110 cm³/mol. The van der Waals surface area contributed by atoms with Crippen molar-refractivity contribution in [3.05, 3.63) is 54.7 Å². The molecule has 4 aromatic rings. The van der Waals surface area contributed by atoms with Crippen LogP contribution in [0.3, 0.4) is 0 Å². The summed E-state index contributed by atoms with van der Waals surface area (Å²) in [5, 5.41) is 24.4. The minimum Gasteiger partial charge on any atom is -0.506 e. The third-order valence-electron chi connectivity index (χ3n) is 5.66. The van der Waals surface area contributed by atoms with Crippen molar-refractivity contribution in [2.45, 2.75) is 24.5 Å². The van der Waals surface area contributed by atoms with Gasteiger partial charge in [-0.2, -0.15) is 5.10 Å². The van der Waals surface area contributed by atoms with Crippen molar-refractivity contribution in [3.63, 3.8) is 0 Å². The number of nitrogens with one attached hydrogen (secondary N) is 1. The zero-order valence-corrected chi connectivity index (χ0v) is 16.4. The standard InChI is InChI=1S/C20H20N8O3/c21-15-6-2-8-27(19(30)31)20(15,28-9-3-7-23-28)16-11-22-10-13(24-16)18-25-12-4-1-5-14(29)17(12)26-18/h1,3-5,7,9-11,15,29H,2,6,8,21H2,(H,25,26)(H,30,31). The van der Waals surface area contributed by atoms with E-state index in [0.29, 0.717) is 41.1 Å². The Kier molecular flexibility index (Phi) is 4.33. The van der Waals surface area contributed by atoms with Gasteiger partial charge in [-0.15, -0.1) is 0 Å². The van der Waals surface area contributed by atoms with E-state index in [1.165, 1.54) is 22.0 Å². The van der Waals surface area contributed by atoms with Gasteiger partial charge in [0.25, 0.3) is 0 Å². The lowest BCUT2D eigenvalue weighted by Gasteiger charge is -2.48. The Morgan fingerprint density at radius 3 is 2.87 bits per heavy atom. The molecule has 1 fully saturated rings.